The maximum absolute atomic E-state index is 12.2. The van der Waals surface area contributed by atoms with Crippen LogP contribution in [0.4, 0.5) is 0 Å². The summed E-state index contributed by atoms with van der Waals surface area (Å²) in [5.41, 5.74) is 0.574. The van der Waals surface area contributed by atoms with Crippen molar-refractivity contribution in [1.29, 1.82) is 0 Å². The van der Waals surface area contributed by atoms with Crippen LogP contribution in [0.5, 0.6) is 0 Å². The molecule has 4 heteroatoms. The summed E-state index contributed by atoms with van der Waals surface area (Å²) in [5, 5.41) is 15.6. The summed E-state index contributed by atoms with van der Waals surface area (Å²) >= 11 is 0. The average Bonchev–Trinajstić information content (AvgIpc) is 2.85. The van der Waals surface area contributed by atoms with Gasteiger partial charge in [-0.1, -0.05) is 30.3 Å². The monoisotopic (exact) mass is 248 g/mol. The van der Waals surface area contributed by atoms with E-state index in [2.05, 4.69) is 10.6 Å². The minimum absolute atomic E-state index is 0.00963. The van der Waals surface area contributed by atoms with Crippen LogP contribution >= 0.6 is 0 Å². The van der Waals surface area contributed by atoms with Crippen molar-refractivity contribution in [3.05, 3.63) is 35.9 Å². The second-order valence-electron chi connectivity index (χ2n) is 5.11. The van der Waals surface area contributed by atoms with E-state index < -0.39 is 0 Å². The molecule has 4 nitrogen and oxygen atoms in total. The highest BCUT2D eigenvalue weighted by molar-refractivity contribution is 5.83. The molecule has 1 amide bonds. The molecule has 1 aliphatic rings. The molecule has 0 aliphatic carbocycles. The van der Waals surface area contributed by atoms with Crippen LogP contribution in [0, 0.1) is 5.41 Å². The number of carbonyl (C=O) groups excluding carboxylic acids is 1. The first-order valence-corrected chi connectivity index (χ1v) is 6.33. The van der Waals surface area contributed by atoms with E-state index in [0.29, 0.717) is 6.54 Å². The average molecular weight is 248 g/mol. The molecular weight excluding hydrogens is 228 g/mol. The number of aliphatic hydroxyl groups is 1. The van der Waals surface area contributed by atoms with Gasteiger partial charge in [0.1, 0.15) is 0 Å². The summed E-state index contributed by atoms with van der Waals surface area (Å²) in [6.45, 7) is 3.45. The number of nitrogens with one attached hydrogen (secondary N) is 2. The number of hydrogen-bond acceptors (Lipinski definition) is 3. The van der Waals surface area contributed by atoms with Gasteiger partial charge in [0.25, 0.3) is 0 Å². The summed E-state index contributed by atoms with van der Waals surface area (Å²) in [6, 6.07) is 9.23. The van der Waals surface area contributed by atoms with Gasteiger partial charge in [0.15, 0.2) is 0 Å². The smallest absolute Gasteiger partial charge is 0.227 e. The van der Waals surface area contributed by atoms with Gasteiger partial charge >= 0.3 is 0 Å². The molecule has 0 radical (unpaired) electrons. The molecule has 0 spiro atoms. The van der Waals surface area contributed by atoms with E-state index in [1.165, 1.54) is 0 Å². The molecule has 0 bridgehead atoms. The molecule has 1 heterocycles. The van der Waals surface area contributed by atoms with Crippen molar-refractivity contribution in [2.45, 2.75) is 19.4 Å². The molecule has 2 atom stereocenters. The molecule has 1 fully saturated rings. The van der Waals surface area contributed by atoms with Crippen LogP contribution < -0.4 is 10.6 Å². The van der Waals surface area contributed by atoms with E-state index in [0.717, 1.165) is 18.5 Å². The van der Waals surface area contributed by atoms with E-state index in [-0.39, 0.29) is 24.0 Å². The Bertz CT molecular complexity index is 400. The number of amides is 1. The zero-order valence-corrected chi connectivity index (χ0v) is 10.6. The molecule has 2 rings (SSSR count). The molecule has 1 aromatic carbocycles. The highest BCUT2D eigenvalue weighted by Gasteiger charge is 2.37. The highest BCUT2D eigenvalue weighted by Crippen LogP contribution is 2.26. The van der Waals surface area contributed by atoms with Crippen LogP contribution in [0.25, 0.3) is 0 Å². The Balaban J connectivity index is 2.05. The Labute approximate surface area is 107 Å². The topological polar surface area (TPSA) is 61.4 Å². The predicted octanol–water partition coefficient (Wildman–Crippen LogP) is 0.836. The van der Waals surface area contributed by atoms with Crippen molar-refractivity contribution in [2.75, 3.05) is 19.7 Å². The van der Waals surface area contributed by atoms with E-state index in [1.54, 1.807) is 0 Å². The van der Waals surface area contributed by atoms with Gasteiger partial charge < -0.3 is 15.7 Å². The van der Waals surface area contributed by atoms with Crippen molar-refractivity contribution < 1.29 is 9.90 Å². The number of rotatable bonds is 4. The minimum atomic E-state index is -0.359. The standard InChI is InChI=1S/C14H20N2O2/c1-14(7-8-15-10-14)13(18)16-12(9-17)11-5-3-2-4-6-11/h2-6,12,15,17H,7-10H2,1H3,(H,16,18)/t12-,14?/m1/s1. The van der Waals surface area contributed by atoms with E-state index in [1.807, 2.05) is 37.3 Å². The fourth-order valence-electron chi connectivity index (χ4n) is 2.26. The maximum atomic E-state index is 12.2. The number of benzene rings is 1. The third-order valence-corrected chi connectivity index (χ3v) is 3.61. The first-order valence-electron chi connectivity index (χ1n) is 6.33. The third-order valence-electron chi connectivity index (χ3n) is 3.61. The molecule has 1 aliphatic heterocycles. The van der Waals surface area contributed by atoms with Crippen LogP contribution in [-0.2, 0) is 4.79 Å². The molecule has 3 N–H and O–H groups in total. The first kappa shape index (κ1) is 13.1. The SMILES string of the molecule is CC1(C(=O)N[C@H](CO)c2ccccc2)CCNC1. The minimum Gasteiger partial charge on any atom is -0.394 e. The molecule has 1 aromatic rings. The van der Waals surface area contributed by atoms with Crippen LogP contribution in [0.3, 0.4) is 0 Å². The fraction of sp³-hybridized carbons (Fsp3) is 0.500. The van der Waals surface area contributed by atoms with Gasteiger partial charge in [-0.3, -0.25) is 4.79 Å². The number of aliphatic hydroxyl groups excluding tert-OH is 1. The van der Waals surface area contributed by atoms with Crippen molar-refractivity contribution in [3.8, 4) is 0 Å². The van der Waals surface area contributed by atoms with Gasteiger partial charge in [-0.2, -0.15) is 0 Å². The number of hydrogen-bond donors (Lipinski definition) is 3. The van der Waals surface area contributed by atoms with Gasteiger partial charge in [0.05, 0.1) is 18.1 Å². The van der Waals surface area contributed by atoms with Gasteiger partial charge in [0.2, 0.25) is 5.91 Å². The zero-order valence-electron chi connectivity index (χ0n) is 10.6. The fourth-order valence-corrected chi connectivity index (χ4v) is 2.26. The van der Waals surface area contributed by atoms with Gasteiger partial charge in [-0.05, 0) is 25.5 Å². The van der Waals surface area contributed by atoms with Gasteiger partial charge in [-0.25, -0.2) is 0 Å². The second kappa shape index (κ2) is 5.50. The summed E-state index contributed by atoms with van der Waals surface area (Å²) in [5.74, 6) is 0.00963. The van der Waals surface area contributed by atoms with Crippen LogP contribution in [0.15, 0.2) is 30.3 Å². The Kier molecular flexibility index (Phi) is 3.99. The van der Waals surface area contributed by atoms with Crippen LogP contribution in [0.2, 0.25) is 0 Å². The van der Waals surface area contributed by atoms with Crippen molar-refractivity contribution in [2.24, 2.45) is 5.41 Å². The Morgan fingerprint density at radius 3 is 2.78 bits per heavy atom. The van der Waals surface area contributed by atoms with Crippen molar-refractivity contribution >= 4 is 5.91 Å². The van der Waals surface area contributed by atoms with Crippen LogP contribution in [-0.4, -0.2) is 30.7 Å². The predicted molar refractivity (Wildman–Crippen MR) is 70.0 cm³/mol. The Morgan fingerprint density at radius 2 is 2.22 bits per heavy atom. The zero-order chi connectivity index (χ0) is 13.0. The maximum Gasteiger partial charge on any atom is 0.227 e. The van der Waals surface area contributed by atoms with E-state index in [4.69, 9.17) is 0 Å². The largest absolute Gasteiger partial charge is 0.394 e. The van der Waals surface area contributed by atoms with Crippen LogP contribution in [0.1, 0.15) is 24.9 Å². The van der Waals surface area contributed by atoms with E-state index >= 15 is 0 Å². The Hall–Kier alpha value is -1.39. The molecule has 0 saturated carbocycles. The quantitative estimate of drug-likeness (QED) is 0.740. The lowest BCUT2D eigenvalue weighted by molar-refractivity contribution is -0.130. The summed E-state index contributed by atoms with van der Waals surface area (Å²) in [6.07, 6.45) is 0.839. The van der Waals surface area contributed by atoms with E-state index in [9.17, 15) is 9.90 Å². The lowest BCUT2D eigenvalue weighted by Crippen LogP contribution is -2.43. The summed E-state index contributed by atoms with van der Waals surface area (Å²) < 4.78 is 0. The second-order valence-corrected chi connectivity index (χ2v) is 5.11. The number of carbonyl (C=O) groups is 1. The van der Waals surface area contributed by atoms with Gasteiger partial charge in [-0.15, -0.1) is 0 Å². The third kappa shape index (κ3) is 2.71. The molecule has 1 unspecified atom stereocenters. The molecule has 1 saturated heterocycles. The van der Waals surface area contributed by atoms with Crippen molar-refractivity contribution in [1.82, 2.24) is 10.6 Å². The molecule has 0 aromatic heterocycles. The molecule has 18 heavy (non-hydrogen) atoms. The highest BCUT2D eigenvalue weighted by atomic mass is 16.3. The molecule has 98 valence electrons. The Morgan fingerprint density at radius 1 is 1.50 bits per heavy atom. The summed E-state index contributed by atoms with van der Waals surface area (Å²) in [4.78, 5) is 12.2. The van der Waals surface area contributed by atoms with Gasteiger partial charge in [0, 0.05) is 6.54 Å². The lowest BCUT2D eigenvalue weighted by Gasteiger charge is -2.25. The van der Waals surface area contributed by atoms with Crippen molar-refractivity contribution in [3.63, 3.8) is 0 Å². The molecular formula is C14H20N2O2. The first-order chi connectivity index (χ1) is 8.65. The summed E-state index contributed by atoms with van der Waals surface area (Å²) in [7, 11) is 0. The lowest BCUT2D eigenvalue weighted by atomic mass is 9.88. The normalized spacial score (nSPS) is 24.8.